The second-order valence-electron chi connectivity index (χ2n) is 3.56. The number of rotatable bonds is 2. The number of hydrogen-bond donors (Lipinski definition) is 0. The Morgan fingerprint density at radius 2 is 2.00 bits per heavy atom. The molecule has 0 atom stereocenters. The minimum Gasteiger partial charge on any atom is -0.260 e. The van der Waals surface area contributed by atoms with Gasteiger partial charge in [-0.05, 0) is 35.9 Å². The van der Waals surface area contributed by atoms with Gasteiger partial charge in [0.2, 0.25) is 0 Å². The molecule has 0 spiro atoms. The predicted octanol–water partition coefficient (Wildman–Crippen LogP) is 4.07. The van der Waals surface area contributed by atoms with Crippen molar-refractivity contribution in [3.63, 3.8) is 0 Å². The van der Waals surface area contributed by atoms with Crippen LogP contribution in [0.5, 0.6) is 0 Å². The van der Waals surface area contributed by atoms with E-state index in [1.165, 1.54) is 0 Å². The summed E-state index contributed by atoms with van der Waals surface area (Å²) in [7, 11) is 0. The second-order valence-corrected chi connectivity index (χ2v) is 5.33. The van der Waals surface area contributed by atoms with Crippen molar-refractivity contribution in [2.24, 2.45) is 0 Å². The standard InChI is InChI=1S/C13H8Br2N2/c14-11-2-4-13(15)10(5-11)6-12-3-1-9(7-16)8-17-12/h1-5,8H,6H2. The molecule has 2 rings (SSSR count). The molecule has 1 aromatic heterocycles. The maximum absolute atomic E-state index is 8.70. The molecule has 0 fully saturated rings. The van der Waals surface area contributed by atoms with Gasteiger partial charge in [-0.2, -0.15) is 5.26 Å². The molecule has 0 saturated carbocycles. The Morgan fingerprint density at radius 1 is 1.18 bits per heavy atom. The van der Waals surface area contributed by atoms with E-state index in [0.29, 0.717) is 5.56 Å². The lowest BCUT2D eigenvalue weighted by molar-refractivity contribution is 1.06. The summed E-state index contributed by atoms with van der Waals surface area (Å²) < 4.78 is 2.11. The number of halogens is 2. The van der Waals surface area contributed by atoms with E-state index in [4.69, 9.17) is 5.26 Å². The van der Waals surface area contributed by atoms with Gasteiger partial charge in [0, 0.05) is 27.3 Å². The maximum atomic E-state index is 8.70. The van der Waals surface area contributed by atoms with Crippen LogP contribution in [-0.2, 0) is 6.42 Å². The summed E-state index contributed by atoms with van der Waals surface area (Å²) in [5.41, 5.74) is 2.70. The van der Waals surface area contributed by atoms with Gasteiger partial charge < -0.3 is 0 Å². The van der Waals surface area contributed by atoms with Crippen molar-refractivity contribution in [1.82, 2.24) is 4.98 Å². The molecule has 0 aliphatic rings. The van der Waals surface area contributed by atoms with Crippen molar-refractivity contribution in [1.29, 1.82) is 5.26 Å². The van der Waals surface area contributed by atoms with E-state index in [-0.39, 0.29) is 0 Å². The molecule has 17 heavy (non-hydrogen) atoms. The number of nitrogens with zero attached hydrogens (tertiary/aromatic N) is 2. The van der Waals surface area contributed by atoms with E-state index < -0.39 is 0 Å². The Labute approximate surface area is 117 Å². The molecular formula is C13H8Br2N2. The third-order valence-electron chi connectivity index (χ3n) is 2.33. The molecule has 1 aromatic carbocycles. The van der Waals surface area contributed by atoms with Gasteiger partial charge in [-0.3, -0.25) is 4.98 Å². The van der Waals surface area contributed by atoms with Gasteiger partial charge in [-0.1, -0.05) is 31.9 Å². The minimum atomic E-state index is 0.585. The van der Waals surface area contributed by atoms with Crippen molar-refractivity contribution in [2.45, 2.75) is 6.42 Å². The first-order valence-electron chi connectivity index (χ1n) is 4.98. The third kappa shape index (κ3) is 3.15. The van der Waals surface area contributed by atoms with E-state index in [9.17, 15) is 0 Å². The topological polar surface area (TPSA) is 36.7 Å². The monoisotopic (exact) mass is 350 g/mol. The zero-order chi connectivity index (χ0) is 12.3. The van der Waals surface area contributed by atoms with Crippen LogP contribution in [0.15, 0.2) is 45.5 Å². The molecule has 0 aliphatic heterocycles. The molecule has 2 nitrogen and oxygen atoms in total. The van der Waals surface area contributed by atoms with Crippen molar-refractivity contribution >= 4 is 31.9 Å². The fraction of sp³-hybridized carbons (Fsp3) is 0.0769. The molecule has 84 valence electrons. The number of nitriles is 1. The fourth-order valence-electron chi connectivity index (χ4n) is 1.47. The fourth-order valence-corrected chi connectivity index (χ4v) is 2.26. The SMILES string of the molecule is N#Cc1ccc(Cc2cc(Br)ccc2Br)nc1. The van der Waals surface area contributed by atoms with Crippen LogP contribution in [0.25, 0.3) is 0 Å². The quantitative estimate of drug-likeness (QED) is 0.817. The van der Waals surface area contributed by atoms with Crippen LogP contribution in [0.4, 0.5) is 0 Å². The molecule has 0 bridgehead atoms. The van der Waals surface area contributed by atoms with E-state index in [1.807, 2.05) is 18.2 Å². The summed E-state index contributed by atoms with van der Waals surface area (Å²) in [6.07, 6.45) is 2.34. The smallest absolute Gasteiger partial charge is 0.101 e. The summed E-state index contributed by atoms with van der Waals surface area (Å²) in [5.74, 6) is 0. The number of benzene rings is 1. The molecule has 1 heterocycles. The molecule has 2 aromatic rings. The first kappa shape index (κ1) is 12.3. The maximum Gasteiger partial charge on any atom is 0.101 e. The Kier molecular flexibility index (Phi) is 3.93. The Hall–Kier alpha value is -1.18. The van der Waals surface area contributed by atoms with Gasteiger partial charge in [0.15, 0.2) is 0 Å². The van der Waals surface area contributed by atoms with E-state index in [1.54, 1.807) is 12.3 Å². The molecule has 0 unspecified atom stereocenters. The normalized spacial score (nSPS) is 9.94. The lowest BCUT2D eigenvalue weighted by Gasteiger charge is -2.05. The lowest BCUT2D eigenvalue weighted by Crippen LogP contribution is -1.93. The molecule has 0 saturated heterocycles. The van der Waals surface area contributed by atoms with E-state index in [0.717, 1.165) is 26.6 Å². The lowest BCUT2D eigenvalue weighted by atomic mass is 10.1. The van der Waals surface area contributed by atoms with Crippen molar-refractivity contribution in [2.75, 3.05) is 0 Å². The molecule has 0 N–H and O–H groups in total. The highest BCUT2D eigenvalue weighted by Crippen LogP contribution is 2.23. The molecule has 0 aliphatic carbocycles. The van der Waals surface area contributed by atoms with Crippen molar-refractivity contribution < 1.29 is 0 Å². The third-order valence-corrected chi connectivity index (χ3v) is 3.60. The second kappa shape index (κ2) is 5.44. The van der Waals surface area contributed by atoms with Gasteiger partial charge >= 0.3 is 0 Å². The Bertz CT molecular complexity index is 571. The molecule has 0 amide bonds. The largest absolute Gasteiger partial charge is 0.260 e. The van der Waals surface area contributed by atoms with Crippen LogP contribution in [0.2, 0.25) is 0 Å². The Morgan fingerprint density at radius 3 is 2.65 bits per heavy atom. The highest BCUT2D eigenvalue weighted by molar-refractivity contribution is 9.11. The van der Waals surface area contributed by atoms with Gasteiger partial charge in [0.05, 0.1) is 5.56 Å². The highest BCUT2D eigenvalue weighted by atomic mass is 79.9. The van der Waals surface area contributed by atoms with E-state index >= 15 is 0 Å². The molecule has 0 radical (unpaired) electrons. The molecular weight excluding hydrogens is 344 g/mol. The average molecular weight is 352 g/mol. The summed E-state index contributed by atoms with van der Waals surface area (Å²) in [6.45, 7) is 0. The van der Waals surface area contributed by atoms with Crippen LogP contribution in [0.1, 0.15) is 16.8 Å². The summed E-state index contributed by atoms with van der Waals surface area (Å²) in [4.78, 5) is 4.26. The summed E-state index contributed by atoms with van der Waals surface area (Å²) >= 11 is 6.96. The van der Waals surface area contributed by atoms with Gasteiger partial charge in [0.25, 0.3) is 0 Å². The van der Waals surface area contributed by atoms with Crippen LogP contribution in [-0.4, -0.2) is 4.98 Å². The number of hydrogen-bond acceptors (Lipinski definition) is 2. The van der Waals surface area contributed by atoms with Crippen LogP contribution < -0.4 is 0 Å². The zero-order valence-corrected chi connectivity index (χ0v) is 12.0. The van der Waals surface area contributed by atoms with Gasteiger partial charge in [-0.25, -0.2) is 0 Å². The average Bonchev–Trinajstić information content (AvgIpc) is 2.35. The summed E-state index contributed by atoms with van der Waals surface area (Å²) in [5, 5.41) is 8.70. The van der Waals surface area contributed by atoms with Crippen molar-refractivity contribution in [3.8, 4) is 6.07 Å². The first-order chi connectivity index (χ1) is 8.19. The predicted molar refractivity (Wildman–Crippen MR) is 73.6 cm³/mol. The number of pyridine rings is 1. The van der Waals surface area contributed by atoms with Gasteiger partial charge in [0.1, 0.15) is 6.07 Å². The highest BCUT2D eigenvalue weighted by Gasteiger charge is 2.03. The van der Waals surface area contributed by atoms with Crippen LogP contribution in [0, 0.1) is 11.3 Å². The molecule has 4 heteroatoms. The van der Waals surface area contributed by atoms with Crippen LogP contribution in [0.3, 0.4) is 0 Å². The number of aromatic nitrogens is 1. The van der Waals surface area contributed by atoms with E-state index in [2.05, 4.69) is 49.0 Å². The van der Waals surface area contributed by atoms with Crippen molar-refractivity contribution in [3.05, 3.63) is 62.3 Å². The minimum absolute atomic E-state index is 0.585. The summed E-state index contributed by atoms with van der Waals surface area (Å²) in [6, 6.07) is 11.8. The van der Waals surface area contributed by atoms with Gasteiger partial charge in [-0.15, -0.1) is 0 Å². The Balaban J connectivity index is 2.25. The van der Waals surface area contributed by atoms with Crippen LogP contribution >= 0.6 is 31.9 Å². The first-order valence-corrected chi connectivity index (χ1v) is 6.56. The zero-order valence-electron chi connectivity index (χ0n) is 8.82.